The maximum absolute atomic E-state index is 5.55. The minimum atomic E-state index is -0.162. The van der Waals surface area contributed by atoms with Crippen LogP contribution in [0.4, 0.5) is 0 Å². The molecule has 4 rings (SSSR count). The molecule has 1 N–H and O–H groups in total. The van der Waals surface area contributed by atoms with E-state index < -0.39 is 0 Å². The average Bonchev–Trinajstić information content (AvgIpc) is 2.71. The Bertz CT molecular complexity index is 624. The van der Waals surface area contributed by atoms with Gasteiger partial charge in [-0.05, 0) is 28.7 Å². The van der Waals surface area contributed by atoms with Crippen LogP contribution < -0.4 is 5.32 Å². The van der Waals surface area contributed by atoms with Crippen molar-refractivity contribution in [1.29, 1.82) is 0 Å². The lowest BCUT2D eigenvalue weighted by Crippen LogP contribution is -2.47. The highest BCUT2D eigenvalue weighted by molar-refractivity contribution is 5.55. The number of methoxy groups -OCH3 is 1. The molecule has 2 heterocycles. The minimum Gasteiger partial charge on any atom is -0.382 e. The van der Waals surface area contributed by atoms with E-state index in [2.05, 4.69) is 53.8 Å². The summed E-state index contributed by atoms with van der Waals surface area (Å²) in [5.41, 5.74) is 5.46. The van der Waals surface area contributed by atoms with Gasteiger partial charge in [-0.2, -0.15) is 0 Å². The summed E-state index contributed by atoms with van der Waals surface area (Å²) < 4.78 is 5.55. The monoisotopic (exact) mass is 251 g/mol. The van der Waals surface area contributed by atoms with E-state index in [4.69, 9.17) is 4.74 Å². The van der Waals surface area contributed by atoms with E-state index in [1.165, 1.54) is 22.3 Å². The van der Waals surface area contributed by atoms with Gasteiger partial charge in [0, 0.05) is 13.2 Å². The number of benzene rings is 2. The Balaban J connectivity index is 2.01. The van der Waals surface area contributed by atoms with Crippen molar-refractivity contribution < 1.29 is 4.74 Å². The predicted molar refractivity (Wildman–Crippen MR) is 75.1 cm³/mol. The second-order valence-electron chi connectivity index (χ2n) is 5.48. The first-order valence-electron chi connectivity index (χ1n) is 6.79. The van der Waals surface area contributed by atoms with Crippen molar-refractivity contribution in [3.63, 3.8) is 0 Å². The molecule has 2 atom stereocenters. The van der Waals surface area contributed by atoms with Gasteiger partial charge in [0.25, 0.3) is 0 Å². The Morgan fingerprint density at radius 3 is 2.68 bits per heavy atom. The van der Waals surface area contributed by atoms with Crippen molar-refractivity contribution in [2.75, 3.05) is 13.7 Å². The zero-order chi connectivity index (χ0) is 12.9. The Labute approximate surface area is 113 Å². The van der Waals surface area contributed by atoms with Crippen LogP contribution in [0, 0.1) is 0 Å². The summed E-state index contributed by atoms with van der Waals surface area (Å²) in [5.74, 6) is 0. The zero-order valence-electron chi connectivity index (χ0n) is 11.0. The van der Waals surface area contributed by atoms with Gasteiger partial charge < -0.3 is 4.74 Å². The molecule has 0 spiro atoms. The first-order valence-corrected chi connectivity index (χ1v) is 6.79. The molecular weight excluding hydrogens is 234 g/mol. The summed E-state index contributed by atoms with van der Waals surface area (Å²) in [5, 5.41) is 3.80. The normalized spacial score (nSPS) is 26.9. The second-order valence-corrected chi connectivity index (χ2v) is 5.48. The lowest BCUT2D eigenvalue weighted by Gasteiger charge is -2.37. The van der Waals surface area contributed by atoms with Gasteiger partial charge in [0.15, 0.2) is 0 Å². The first kappa shape index (κ1) is 11.2. The average molecular weight is 251 g/mol. The highest BCUT2D eigenvalue weighted by Crippen LogP contribution is 2.48. The Kier molecular flexibility index (Phi) is 2.32. The summed E-state index contributed by atoms with van der Waals surface area (Å²) in [6, 6.07) is 17.9. The standard InChI is InChI=1S/C17H17NO/c1-19-11-17-14-8-4-2-6-12(14)10-16(18-17)13-7-3-5-9-15(13)17/h2-9,16,18H,10-11H2,1H3/t16-,17+/m0/s1. The molecule has 19 heavy (non-hydrogen) atoms. The highest BCUT2D eigenvalue weighted by Gasteiger charge is 2.48. The molecule has 0 saturated heterocycles. The molecule has 2 aromatic carbocycles. The van der Waals surface area contributed by atoms with Gasteiger partial charge in [-0.25, -0.2) is 0 Å². The van der Waals surface area contributed by atoms with Gasteiger partial charge >= 0.3 is 0 Å². The third-order valence-corrected chi connectivity index (χ3v) is 4.48. The Morgan fingerprint density at radius 2 is 1.84 bits per heavy atom. The van der Waals surface area contributed by atoms with E-state index in [-0.39, 0.29) is 5.54 Å². The van der Waals surface area contributed by atoms with Gasteiger partial charge in [-0.1, -0.05) is 48.5 Å². The van der Waals surface area contributed by atoms with Crippen LogP contribution in [0.1, 0.15) is 28.3 Å². The van der Waals surface area contributed by atoms with Gasteiger partial charge in [0.1, 0.15) is 0 Å². The molecule has 2 bridgehead atoms. The number of hydrogen-bond acceptors (Lipinski definition) is 2. The third-order valence-electron chi connectivity index (χ3n) is 4.48. The van der Waals surface area contributed by atoms with Crippen LogP contribution in [0.15, 0.2) is 48.5 Å². The van der Waals surface area contributed by atoms with Crippen LogP contribution in [-0.2, 0) is 16.7 Å². The molecule has 0 unspecified atom stereocenters. The predicted octanol–water partition coefficient (Wildman–Crippen LogP) is 2.78. The SMILES string of the molecule is COC[C@@]12N[C@@H](Cc3ccccc31)c1ccccc12. The minimum absolute atomic E-state index is 0.162. The molecular formula is C17H17NO. The lowest BCUT2D eigenvalue weighted by molar-refractivity contribution is 0.126. The van der Waals surface area contributed by atoms with Gasteiger partial charge in [0.2, 0.25) is 0 Å². The fourth-order valence-electron chi connectivity index (χ4n) is 3.77. The van der Waals surface area contributed by atoms with Crippen molar-refractivity contribution in [3.05, 3.63) is 70.8 Å². The number of ether oxygens (including phenoxy) is 1. The molecule has 0 radical (unpaired) electrons. The van der Waals surface area contributed by atoms with Crippen molar-refractivity contribution in [1.82, 2.24) is 5.32 Å². The van der Waals surface area contributed by atoms with Crippen LogP contribution in [0.2, 0.25) is 0 Å². The van der Waals surface area contributed by atoms with E-state index in [0.29, 0.717) is 12.6 Å². The highest BCUT2D eigenvalue weighted by atomic mass is 16.5. The van der Waals surface area contributed by atoms with Crippen LogP contribution in [0.25, 0.3) is 0 Å². The fraction of sp³-hybridized carbons (Fsp3) is 0.294. The summed E-state index contributed by atoms with van der Waals surface area (Å²) >= 11 is 0. The fourth-order valence-corrected chi connectivity index (χ4v) is 3.77. The van der Waals surface area contributed by atoms with Gasteiger partial charge in [0.05, 0.1) is 12.1 Å². The molecule has 0 aliphatic carbocycles. The van der Waals surface area contributed by atoms with Gasteiger partial charge in [-0.15, -0.1) is 0 Å². The molecule has 2 nitrogen and oxygen atoms in total. The van der Waals surface area contributed by atoms with Crippen molar-refractivity contribution in [2.45, 2.75) is 18.0 Å². The molecule has 0 aromatic heterocycles. The van der Waals surface area contributed by atoms with Crippen LogP contribution in [-0.4, -0.2) is 13.7 Å². The van der Waals surface area contributed by atoms with E-state index in [0.717, 1.165) is 6.42 Å². The number of nitrogens with one attached hydrogen (secondary N) is 1. The summed E-state index contributed by atoms with van der Waals surface area (Å²) in [6.45, 7) is 0.678. The quantitative estimate of drug-likeness (QED) is 0.886. The van der Waals surface area contributed by atoms with Crippen molar-refractivity contribution in [2.24, 2.45) is 0 Å². The van der Waals surface area contributed by atoms with Crippen molar-refractivity contribution in [3.8, 4) is 0 Å². The maximum atomic E-state index is 5.55. The molecule has 96 valence electrons. The van der Waals surface area contributed by atoms with E-state index in [1.807, 2.05) is 0 Å². The van der Waals surface area contributed by atoms with Crippen LogP contribution >= 0.6 is 0 Å². The van der Waals surface area contributed by atoms with Crippen LogP contribution in [0.3, 0.4) is 0 Å². The summed E-state index contributed by atoms with van der Waals surface area (Å²) in [7, 11) is 1.78. The molecule has 0 saturated carbocycles. The molecule has 0 fully saturated rings. The Hall–Kier alpha value is -1.64. The van der Waals surface area contributed by atoms with Crippen LogP contribution in [0.5, 0.6) is 0 Å². The molecule has 2 aliphatic rings. The van der Waals surface area contributed by atoms with Gasteiger partial charge in [-0.3, -0.25) is 5.32 Å². The first-order chi connectivity index (χ1) is 9.35. The van der Waals surface area contributed by atoms with E-state index in [1.54, 1.807) is 7.11 Å². The third kappa shape index (κ3) is 1.38. The molecule has 2 aliphatic heterocycles. The topological polar surface area (TPSA) is 21.3 Å². The van der Waals surface area contributed by atoms with E-state index >= 15 is 0 Å². The smallest absolute Gasteiger partial charge is 0.0938 e. The van der Waals surface area contributed by atoms with Crippen molar-refractivity contribution >= 4 is 0 Å². The Morgan fingerprint density at radius 1 is 1.11 bits per heavy atom. The summed E-state index contributed by atoms with van der Waals surface area (Å²) in [4.78, 5) is 0. The largest absolute Gasteiger partial charge is 0.382 e. The molecule has 0 amide bonds. The number of hydrogen-bond donors (Lipinski definition) is 1. The number of fused-ring (bicyclic) bond motifs is 7. The zero-order valence-corrected chi connectivity index (χ0v) is 11.0. The van der Waals surface area contributed by atoms with E-state index in [9.17, 15) is 0 Å². The number of rotatable bonds is 2. The molecule has 2 heteroatoms. The lowest BCUT2D eigenvalue weighted by atomic mass is 9.81. The summed E-state index contributed by atoms with van der Waals surface area (Å²) in [6.07, 6.45) is 1.07. The molecule has 2 aromatic rings. The second kappa shape index (κ2) is 3.92. The maximum Gasteiger partial charge on any atom is 0.0938 e.